The molecule has 31 heavy (non-hydrogen) atoms. The fraction of sp³-hybridized carbons (Fsp3) is 0.167. The fourth-order valence-electron chi connectivity index (χ4n) is 2.99. The third kappa shape index (κ3) is 5.99. The minimum Gasteiger partial charge on any atom is -0.493 e. The van der Waals surface area contributed by atoms with Crippen LogP contribution in [0, 0.1) is 6.92 Å². The number of nitrogens with one attached hydrogen (secondary N) is 2. The molecule has 0 aliphatic heterocycles. The van der Waals surface area contributed by atoms with Gasteiger partial charge >= 0.3 is 0 Å². The lowest BCUT2D eigenvalue weighted by atomic mass is 10.1. The van der Waals surface area contributed by atoms with E-state index in [9.17, 15) is 9.59 Å². The number of anilines is 2. The zero-order valence-corrected chi connectivity index (χ0v) is 17.4. The van der Waals surface area contributed by atoms with E-state index in [2.05, 4.69) is 10.6 Å². The molecule has 0 aliphatic carbocycles. The molecule has 7 heteroatoms. The molecule has 1 atom stereocenters. The smallest absolute Gasteiger partial charge is 0.255 e. The number of rotatable bonds is 9. The first kappa shape index (κ1) is 21.7. The molecule has 0 aromatic heterocycles. The van der Waals surface area contributed by atoms with E-state index in [1.807, 2.05) is 61.5 Å². The molecule has 0 aliphatic rings. The number of hydrogen-bond donors (Lipinski definition) is 3. The van der Waals surface area contributed by atoms with E-state index in [1.165, 1.54) is 7.11 Å². The summed E-state index contributed by atoms with van der Waals surface area (Å²) in [5, 5.41) is 6.19. The van der Waals surface area contributed by atoms with Crippen molar-refractivity contribution in [2.45, 2.75) is 13.0 Å². The van der Waals surface area contributed by atoms with Gasteiger partial charge < -0.3 is 25.8 Å². The highest BCUT2D eigenvalue weighted by Gasteiger charge is 2.21. The van der Waals surface area contributed by atoms with Gasteiger partial charge in [0.25, 0.3) is 11.8 Å². The van der Waals surface area contributed by atoms with E-state index < -0.39 is 11.9 Å². The topological polar surface area (TPSA) is 103 Å². The van der Waals surface area contributed by atoms with Gasteiger partial charge in [0.1, 0.15) is 6.04 Å². The predicted octanol–water partition coefficient (Wildman–Crippen LogP) is 3.66. The highest BCUT2D eigenvalue weighted by molar-refractivity contribution is 5.97. The van der Waals surface area contributed by atoms with Crippen LogP contribution in [0.25, 0.3) is 0 Å². The van der Waals surface area contributed by atoms with Gasteiger partial charge in [-0.3, -0.25) is 9.59 Å². The van der Waals surface area contributed by atoms with E-state index in [4.69, 9.17) is 15.2 Å². The second-order valence-electron chi connectivity index (χ2n) is 6.96. The number of amides is 2. The standard InChI is InChI=1S/C24H25N3O4/c1-16-8-10-18(11-9-16)27-24(29)23(17-6-4-3-5-7-17)26-19-12-13-20(30-2)21(14-19)31-15-22(25)28/h3-14,23,26H,15H2,1-2H3,(H2,25,28)(H,27,29). The average Bonchev–Trinajstić information content (AvgIpc) is 2.78. The van der Waals surface area contributed by atoms with Gasteiger partial charge in [-0.05, 0) is 36.8 Å². The second kappa shape index (κ2) is 10.2. The van der Waals surface area contributed by atoms with Gasteiger partial charge in [-0.1, -0.05) is 48.0 Å². The van der Waals surface area contributed by atoms with Crippen molar-refractivity contribution < 1.29 is 19.1 Å². The van der Waals surface area contributed by atoms with Crippen LogP contribution in [0.2, 0.25) is 0 Å². The second-order valence-corrected chi connectivity index (χ2v) is 6.96. The Morgan fingerprint density at radius 1 is 0.935 bits per heavy atom. The van der Waals surface area contributed by atoms with Crippen molar-refractivity contribution in [3.05, 3.63) is 83.9 Å². The Bertz CT molecular complexity index is 1040. The monoisotopic (exact) mass is 419 g/mol. The maximum Gasteiger partial charge on any atom is 0.255 e. The number of carbonyl (C=O) groups is 2. The highest BCUT2D eigenvalue weighted by Crippen LogP contribution is 2.32. The van der Waals surface area contributed by atoms with Gasteiger partial charge in [0.2, 0.25) is 0 Å². The van der Waals surface area contributed by atoms with Crippen molar-refractivity contribution in [1.82, 2.24) is 0 Å². The summed E-state index contributed by atoms with van der Waals surface area (Å²) in [5.41, 5.74) is 8.40. The number of benzene rings is 3. The van der Waals surface area contributed by atoms with E-state index >= 15 is 0 Å². The van der Waals surface area contributed by atoms with Crippen molar-refractivity contribution in [1.29, 1.82) is 0 Å². The number of methoxy groups -OCH3 is 1. The summed E-state index contributed by atoms with van der Waals surface area (Å²) in [6.45, 7) is 1.71. The van der Waals surface area contributed by atoms with Crippen molar-refractivity contribution in [2.75, 3.05) is 24.4 Å². The normalized spacial score (nSPS) is 11.3. The Hall–Kier alpha value is -4.00. The number of hydrogen-bond acceptors (Lipinski definition) is 5. The van der Waals surface area contributed by atoms with Crippen LogP contribution in [0.15, 0.2) is 72.8 Å². The molecule has 0 fully saturated rings. The zero-order chi connectivity index (χ0) is 22.2. The number of aryl methyl sites for hydroxylation is 1. The molecule has 0 radical (unpaired) electrons. The molecule has 0 spiro atoms. The number of ether oxygens (including phenoxy) is 2. The molecule has 0 saturated heterocycles. The molecule has 0 saturated carbocycles. The quantitative estimate of drug-likeness (QED) is 0.491. The van der Waals surface area contributed by atoms with Crippen LogP contribution < -0.4 is 25.8 Å². The van der Waals surface area contributed by atoms with E-state index in [1.54, 1.807) is 18.2 Å². The minimum absolute atomic E-state index is 0.217. The number of primary amides is 1. The molecule has 160 valence electrons. The van der Waals surface area contributed by atoms with Crippen LogP contribution in [-0.2, 0) is 9.59 Å². The summed E-state index contributed by atoms with van der Waals surface area (Å²) in [7, 11) is 1.50. The largest absolute Gasteiger partial charge is 0.493 e. The van der Waals surface area contributed by atoms with Crippen LogP contribution in [0.3, 0.4) is 0 Å². The molecule has 4 N–H and O–H groups in total. The molecule has 3 aromatic rings. The molecule has 3 rings (SSSR count). The Labute approximate surface area is 181 Å². The maximum absolute atomic E-state index is 13.1. The average molecular weight is 419 g/mol. The maximum atomic E-state index is 13.1. The Morgan fingerprint density at radius 3 is 2.26 bits per heavy atom. The Morgan fingerprint density at radius 2 is 1.61 bits per heavy atom. The lowest BCUT2D eigenvalue weighted by molar-refractivity contribution is -0.120. The first-order valence-corrected chi connectivity index (χ1v) is 9.74. The van der Waals surface area contributed by atoms with E-state index in [0.29, 0.717) is 22.9 Å². The predicted molar refractivity (Wildman–Crippen MR) is 120 cm³/mol. The van der Waals surface area contributed by atoms with Crippen LogP contribution in [0.4, 0.5) is 11.4 Å². The molecule has 0 bridgehead atoms. The first-order valence-electron chi connectivity index (χ1n) is 9.74. The third-order valence-electron chi connectivity index (χ3n) is 4.56. The molecule has 1 unspecified atom stereocenters. The molecular formula is C24H25N3O4. The van der Waals surface area contributed by atoms with Gasteiger partial charge in [0, 0.05) is 17.4 Å². The van der Waals surface area contributed by atoms with Crippen LogP contribution in [-0.4, -0.2) is 25.5 Å². The lowest BCUT2D eigenvalue weighted by Crippen LogP contribution is -2.27. The molecule has 0 heterocycles. The molecule has 7 nitrogen and oxygen atoms in total. The van der Waals surface area contributed by atoms with E-state index in [0.717, 1.165) is 11.1 Å². The van der Waals surface area contributed by atoms with Crippen LogP contribution >= 0.6 is 0 Å². The van der Waals surface area contributed by atoms with Gasteiger partial charge in [-0.25, -0.2) is 0 Å². The van der Waals surface area contributed by atoms with Crippen molar-refractivity contribution in [2.24, 2.45) is 5.73 Å². The number of nitrogens with two attached hydrogens (primary N) is 1. The molecule has 2 amide bonds. The summed E-state index contributed by atoms with van der Waals surface area (Å²) < 4.78 is 10.7. The summed E-state index contributed by atoms with van der Waals surface area (Å²) in [6, 6.07) is 21.4. The summed E-state index contributed by atoms with van der Waals surface area (Å²) in [4.78, 5) is 24.2. The number of carbonyl (C=O) groups excluding carboxylic acids is 2. The first-order chi connectivity index (χ1) is 15.0. The minimum atomic E-state index is -0.667. The van der Waals surface area contributed by atoms with Crippen LogP contribution in [0.1, 0.15) is 17.2 Å². The SMILES string of the molecule is COc1ccc(NC(C(=O)Nc2ccc(C)cc2)c2ccccc2)cc1OCC(N)=O. The van der Waals surface area contributed by atoms with Gasteiger partial charge in [0.05, 0.1) is 7.11 Å². The van der Waals surface area contributed by atoms with Crippen molar-refractivity contribution in [3.8, 4) is 11.5 Å². The third-order valence-corrected chi connectivity index (χ3v) is 4.56. The van der Waals surface area contributed by atoms with Crippen molar-refractivity contribution >= 4 is 23.2 Å². The highest BCUT2D eigenvalue weighted by atomic mass is 16.5. The Balaban J connectivity index is 1.86. The molecular weight excluding hydrogens is 394 g/mol. The summed E-state index contributed by atoms with van der Waals surface area (Å²) in [6.07, 6.45) is 0. The lowest BCUT2D eigenvalue weighted by Gasteiger charge is -2.21. The zero-order valence-electron chi connectivity index (χ0n) is 17.4. The molecule has 3 aromatic carbocycles. The fourth-order valence-corrected chi connectivity index (χ4v) is 2.99. The van der Waals surface area contributed by atoms with Gasteiger partial charge in [-0.2, -0.15) is 0 Å². The van der Waals surface area contributed by atoms with E-state index in [-0.39, 0.29) is 12.5 Å². The van der Waals surface area contributed by atoms with Crippen molar-refractivity contribution in [3.63, 3.8) is 0 Å². The van der Waals surface area contributed by atoms with Gasteiger partial charge in [0.15, 0.2) is 18.1 Å². The summed E-state index contributed by atoms with van der Waals surface area (Å²) >= 11 is 0. The van der Waals surface area contributed by atoms with Gasteiger partial charge in [-0.15, -0.1) is 0 Å². The summed E-state index contributed by atoms with van der Waals surface area (Å²) in [5.74, 6) is -0.0187. The Kier molecular flexibility index (Phi) is 7.11. The van der Waals surface area contributed by atoms with Crippen LogP contribution in [0.5, 0.6) is 11.5 Å².